The number of aromatic nitrogens is 3. The van der Waals surface area contributed by atoms with Crippen LogP contribution >= 0.6 is 11.8 Å². The van der Waals surface area contributed by atoms with Crippen LogP contribution < -0.4 is 0 Å². The van der Waals surface area contributed by atoms with Gasteiger partial charge in [-0.1, -0.05) is 17.8 Å². The molecule has 2 aromatic rings. The van der Waals surface area contributed by atoms with E-state index in [0.717, 1.165) is 23.1 Å². The minimum Gasteiger partial charge on any atom is -0.302 e. The quantitative estimate of drug-likeness (QED) is 0.315. The van der Waals surface area contributed by atoms with Gasteiger partial charge in [0, 0.05) is 12.3 Å². The number of benzene rings is 1. The maximum absolute atomic E-state index is 12.9. The molecule has 0 aliphatic carbocycles. The van der Waals surface area contributed by atoms with Gasteiger partial charge in [-0.25, -0.2) is 12.8 Å². The molecule has 2 rings (SSSR count). The number of thioether (sulfide) groups is 1. The lowest BCUT2D eigenvalue weighted by Gasteiger charge is -2.06. The molecule has 124 valence electrons. The van der Waals surface area contributed by atoms with Crippen molar-refractivity contribution in [2.24, 2.45) is 0 Å². The van der Waals surface area contributed by atoms with E-state index in [9.17, 15) is 12.8 Å². The van der Waals surface area contributed by atoms with Crippen molar-refractivity contribution in [2.75, 3.05) is 11.5 Å². The minimum absolute atomic E-state index is 0.0141. The number of nitrogens with zero attached hydrogens (tertiary/aromatic N) is 3. The van der Waals surface area contributed by atoms with Crippen LogP contribution in [0.1, 0.15) is 12.2 Å². The molecule has 0 aliphatic rings. The molecule has 1 heterocycles. The lowest BCUT2D eigenvalue weighted by atomic mass is 10.4. The SMILES string of the molecule is C=CCn1c(C)nnc1SCCCS(=O)(=O)c1ccc(F)cc1. The van der Waals surface area contributed by atoms with E-state index in [2.05, 4.69) is 16.8 Å². The van der Waals surface area contributed by atoms with Crippen molar-refractivity contribution in [3.05, 3.63) is 48.6 Å². The summed E-state index contributed by atoms with van der Waals surface area (Å²) in [4.78, 5) is 0.148. The third-order valence-corrected chi connectivity index (χ3v) is 6.04. The van der Waals surface area contributed by atoms with Gasteiger partial charge < -0.3 is 4.57 Å². The lowest BCUT2D eigenvalue weighted by molar-refractivity contribution is 0.593. The Balaban J connectivity index is 1.90. The molecular formula is C15H18FN3O2S2. The van der Waals surface area contributed by atoms with E-state index in [1.54, 1.807) is 6.08 Å². The molecular weight excluding hydrogens is 337 g/mol. The Hall–Kier alpha value is -1.67. The van der Waals surface area contributed by atoms with Crippen LogP contribution in [0.5, 0.6) is 0 Å². The molecule has 0 aliphatic heterocycles. The van der Waals surface area contributed by atoms with Crippen LogP contribution in [0, 0.1) is 12.7 Å². The summed E-state index contributed by atoms with van der Waals surface area (Å²) in [6.07, 6.45) is 2.24. The largest absolute Gasteiger partial charge is 0.302 e. The third-order valence-electron chi connectivity index (χ3n) is 3.17. The van der Waals surface area contributed by atoms with Crippen LogP contribution in [-0.2, 0) is 16.4 Å². The first-order chi connectivity index (χ1) is 10.9. The van der Waals surface area contributed by atoms with E-state index in [4.69, 9.17) is 0 Å². The van der Waals surface area contributed by atoms with Crippen molar-refractivity contribution in [1.82, 2.24) is 14.8 Å². The molecule has 0 N–H and O–H groups in total. The molecule has 0 fully saturated rings. The zero-order chi connectivity index (χ0) is 16.9. The fraction of sp³-hybridized carbons (Fsp3) is 0.333. The van der Waals surface area contributed by atoms with Crippen LogP contribution in [0.15, 0.2) is 47.0 Å². The highest BCUT2D eigenvalue weighted by atomic mass is 32.2. The first kappa shape index (κ1) is 17.7. The maximum Gasteiger partial charge on any atom is 0.191 e. The van der Waals surface area contributed by atoms with Gasteiger partial charge in [0.15, 0.2) is 15.0 Å². The zero-order valence-electron chi connectivity index (χ0n) is 12.8. The summed E-state index contributed by atoms with van der Waals surface area (Å²) in [5.74, 6) is 0.971. The number of allylic oxidation sites excluding steroid dienone is 1. The topological polar surface area (TPSA) is 64.8 Å². The summed E-state index contributed by atoms with van der Waals surface area (Å²) >= 11 is 1.46. The molecule has 8 heteroatoms. The number of aryl methyl sites for hydroxylation is 1. The Morgan fingerprint density at radius 1 is 1.30 bits per heavy atom. The summed E-state index contributed by atoms with van der Waals surface area (Å²) in [6, 6.07) is 4.90. The number of hydrogen-bond acceptors (Lipinski definition) is 5. The van der Waals surface area contributed by atoms with E-state index in [1.807, 2.05) is 11.5 Å². The van der Waals surface area contributed by atoms with Crippen molar-refractivity contribution in [2.45, 2.75) is 29.9 Å². The number of halogens is 1. The van der Waals surface area contributed by atoms with Gasteiger partial charge in [0.2, 0.25) is 0 Å². The molecule has 0 saturated carbocycles. The number of rotatable bonds is 8. The summed E-state index contributed by atoms with van der Waals surface area (Å²) in [5, 5.41) is 8.83. The van der Waals surface area contributed by atoms with Crippen LogP contribution in [0.2, 0.25) is 0 Å². The molecule has 1 aromatic heterocycles. The Labute approximate surface area is 139 Å². The minimum atomic E-state index is -3.39. The Kier molecular flexibility index (Phi) is 5.95. The highest BCUT2D eigenvalue weighted by Crippen LogP contribution is 2.19. The molecule has 0 amide bonds. The van der Waals surface area contributed by atoms with Crippen molar-refractivity contribution in [3.63, 3.8) is 0 Å². The standard InChI is InChI=1S/C15H18FN3O2S2/c1-3-9-19-12(2)17-18-15(19)22-10-4-11-23(20,21)14-7-5-13(16)6-8-14/h3,5-8H,1,4,9-11H2,2H3. The monoisotopic (exact) mass is 355 g/mol. The lowest BCUT2D eigenvalue weighted by Crippen LogP contribution is -2.08. The molecule has 0 radical (unpaired) electrons. The Morgan fingerprint density at radius 2 is 2.00 bits per heavy atom. The maximum atomic E-state index is 12.9. The van der Waals surface area contributed by atoms with Gasteiger partial charge in [0.25, 0.3) is 0 Å². The fourth-order valence-electron chi connectivity index (χ4n) is 1.98. The first-order valence-corrected chi connectivity index (χ1v) is 9.69. The van der Waals surface area contributed by atoms with Gasteiger partial charge in [-0.05, 0) is 37.6 Å². The average molecular weight is 355 g/mol. The van der Waals surface area contributed by atoms with Crippen LogP contribution in [0.25, 0.3) is 0 Å². The smallest absolute Gasteiger partial charge is 0.191 e. The molecule has 23 heavy (non-hydrogen) atoms. The zero-order valence-corrected chi connectivity index (χ0v) is 14.4. The van der Waals surface area contributed by atoms with Crippen molar-refractivity contribution in [3.8, 4) is 0 Å². The van der Waals surface area contributed by atoms with Gasteiger partial charge in [-0.2, -0.15) is 0 Å². The summed E-state index contributed by atoms with van der Waals surface area (Å²) in [5.41, 5.74) is 0. The van der Waals surface area contributed by atoms with E-state index in [1.165, 1.54) is 23.9 Å². The van der Waals surface area contributed by atoms with Crippen molar-refractivity contribution in [1.29, 1.82) is 0 Å². The average Bonchev–Trinajstić information content (AvgIpc) is 2.86. The summed E-state index contributed by atoms with van der Waals surface area (Å²) in [6.45, 7) is 6.18. The second-order valence-corrected chi connectivity index (χ2v) is 8.08. The fourth-order valence-corrected chi connectivity index (χ4v) is 4.41. The third kappa shape index (κ3) is 4.65. The van der Waals surface area contributed by atoms with Crippen molar-refractivity contribution >= 4 is 21.6 Å². The molecule has 0 unspecified atom stereocenters. The predicted octanol–water partition coefficient (Wildman–Crippen LogP) is 2.87. The summed E-state index contributed by atoms with van der Waals surface area (Å²) in [7, 11) is -3.39. The van der Waals surface area contributed by atoms with Gasteiger partial charge in [0.05, 0.1) is 10.6 Å². The van der Waals surface area contributed by atoms with Gasteiger partial charge >= 0.3 is 0 Å². The van der Waals surface area contributed by atoms with E-state index < -0.39 is 15.7 Å². The molecule has 0 spiro atoms. The number of sulfone groups is 1. The van der Waals surface area contributed by atoms with Crippen LogP contribution in [0.3, 0.4) is 0 Å². The molecule has 5 nitrogen and oxygen atoms in total. The predicted molar refractivity (Wildman–Crippen MR) is 88.7 cm³/mol. The highest BCUT2D eigenvalue weighted by Gasteiger charge is 2.15. The first-order valence-electron chi connectivity index (χ1n) is 7.06. The molecule has 1 aromatic carbocycles. The highest BCUT2D eigenvalue weighted by molar-refractivity contribution is 7.99. The number of hydrogen-bond donors (Lipinski definition) is 0. The second kappa shape index (κ2) is 7.74. The normalized spacial score (nSPS) is 11.6. The second-order valence-electron chi connectivity index (χ2n) is 4.90. The molecule has 0 saturated heterocycles. The van der Waals surface area contributed by atoms with Gasteiger partial charge in [-0.15, -0.1) is 16.8 Å². The summed E-state index contributed by atoms with van der Waals surface area (Å²) < 4.78 is 39.1. The van der Waals surface area contributed by atoms with E-state index >= 15 is 0 Å². The Morgan fingerprint density at radius 3 is 2.65 bits per heavy atom. The Bertz CT molecular complexity index is 771. The van der Waals surface area contributed by atoms with Gasteiger partial charge in [-0.3, -0.25) is 0 Å². The molecule has 0 bridgehead atoms. The molecule has 0 atom stereocenters. The van der Waals surface area contributed by atoms with E-state index in [0.29, 0.717) is 18.7 Å². The van der Waals surface area contributed by atoms with Crippen LogP contribution in [-0.4, -0.2) is 34.7 Å². The van der Waals surface area contributed by atoms with Crippen LogP contribution in [0.4, 0.5) is 4.39 Å². The van der Waals surface area contributed by atoms with E-state index in [-0.39, 0.29) is 10.6 Å². The van der Waals surface area contributed by atoms with Gasteiger partial charge in [0.1, 0.15) is 11.6 Å². The van der Waals surface area contributed by atoms with Crippen molar-refractivity contribution < 1.29 is 12.8 Å².